The van der Waals surface area contributed by atoms with Gasteiger partial charge in [0.15, 0.2) is 0 Å². The van der Waals surface area contributed by atoms with Crippen LogP contribution < -0.4 is 15.4 Å². The molecule has 2 aromatic rings. The maximum atomic E-state index is 11.9. The van der Waals surface area contributed by atoms with Crippen molar-refractivity contribution in [2.75, 3.05) is 11.9 Å². The van der Waals surface area contributed by atoms with Crippen molar-refractivity contribution in [3.8, 4) is 11.6 Å². The Hall–Kier alpha value is -2.60. The van der Waals surface area contributed by atoms with Crippen LogP contribution in [-0.2, 0) is 6.42 Å². The number of nitrogens with zero attached hydrogens (tertiary/aromatic N) is 1. The van der Waals surface area contributed by atoms with Crippen LogP contribution in [0.25, 0.3) is 0 Å². The van der Waals surface area contributed by atoms with Crippen molar-refractivity contribution in [2.45, 2.75) is 39.2 Å². The van der Waals surface area contributed by atoms with E-state index in [0.29, 0.717) is 18.0 Å². The fraction of sp³-hybridized carbons (Fsp3) is 0.368. The Morgan fingerprint density at radius 3 is 2.76 bits per heavy atom. The molecule has 0 saturated carbocycles. The molecule has 3 N–H and O–H groups in total. The zero-order chi connectivity index (χ0) is 18.1. The summed E-state index contributed by atoms with van der Waals surface area (Å²) in [6.07, 6.45) is 3.78. The van der Waals surface area contributed by atoms with Crippen LogP contribution in [0, 0.1) is 0 Å². The predicted octanol–water partition coefficient (Wildman–Crippen LogP) is 3.72. The van der Waals surface area contributed by atoms with Crippen LogP contribution in [0.3, 0.4) is 0 Å². The van der Waals surface area contributed by atoms with E-state index in [1.54, 1.807) is 18.3 Å². The lowest BCUT2D eigenvalue weighted by Gasteiger charge is -2.16. The largest absolute Gasteiger partial charge is 0.439 e. The van der Waals surface area contributed by atoms with E-state index in [-0.39, 0.29) is 18.7 Å². The number of aryl methyl sites for hydroxylation is 1. The van der Waals surface area contributed by atoms with E-state index in [1.807, 2.05) is 31.2 Å². The standard InChI is InChI=1S/C19H25N3O3/c1-3-14-6-5-7-17(12-14)25-18-9-8-16(13-20-18)22-19(24)21-15(4-2)10-11-23/h5-9,12-13,15,23H,3-4,10-11H2,1-2H3,(H2,21,22,24). The van der Waals surface area contributed by atoms with Gasteiger partial charge in [-0.15, -0.1) is 0 Å². The summed E-state index contributed by atoms with van der Waals surface area (Å²) in [7, 11) is 0. The number of ether oxygens (including phenoxy) is 1. The zero-order valence-corrected chi connectivity index (χ0v) is 14.7. The third-order valence-electron chi connectivity index (χ3n) is 3.83. The molecule has 0 aliphatic heterocycles. The number of carbonyl (C=O) groups is 1. The van der Waals surface area contributed by atoms with E-state index in [9.17, 15) is 4.79 Å². The highest BCUT2D eigenvalue weighted by atomic mass is 16.5. The molecule has 0 aliphatic rings. The summed E-state index contributed by atoms with van der Waals surface area (Å²) in [5.41, 5.74) is 1.77. The minimum Gasteiger partial charge on any atom is -0.439 e. The van der Waals surface area contributed by atoms with Crippen LogP contribution in [-0.4, -0.2) is 28.8 Å². The van der Waals surface area contributed by atoms with Crippen molar-refractivity contribution < 1.29 is 14.6 Å². The number of pyridine rings is 1. The van der Waals surface area contributed by atoms with Crippen molar-refractivity contribution in [2.24, 2.45) is 0 Å². The first-order valence-electron chi connectivity index (χ1n) is 8.55. The summed E-state index contributed by atoms with van der Waals surface area (Å²) in [6, 6.07) is 10.9. The normalized spacial score (nSPS) is 11.6. The van der Waals surface area contributed by atoms with Gasteiger partial charge in [-0.2, -0.15) is 0 Å². The molecule has 0 fully saturated rings. The Balaban J connectivity index is 1.91. The van der Waals surface area contributed by atoms with Crippen LogP contribution in [0.1, 0.15) is 32.3 Å². The van der Waals surface area contributed by atoms with E-state index in [1.165, 1.54) is 5.56 Å². The number of hydrogen-bond donors (Lipinski definition) is 3. The van der Waals surface area contributed by atoms with Crippen LogP contribution in [0.5, 0.6) is 11.6 Å². The highest BCUT2D eigenvalue weighted by molar-refractivity contribution is 5.89. The number of aliphatic hydroxyl groups excluding tert-OH is 1. The van der Waals surface area contributed by atoms with Gasteiger partial charge in [-0.25, -0.2) is 9.78 Å². The molecule has 2 rings (SSSR count). The first-order chi connectivity index (χ1) is 12.1. The molecule has 1 aromatic carbocycles. The highest BCUT2D eigenvalue weighted by Crippen LogP contribution is 2.21. The number of benzene rings is 1. The molecule has 0 aliphatic carbocycles. The summed E-state index contributed by atoms with van der Waals surface area (Å²) in [5, 5.41) is 14.5. The first kappa shape index (κ1) is 18.7. The number of rotatable bonds is 8. The SMILES string of the molecule is CCc1cccc(Oc2ccc(NC(=O)NC(CC)CCO)cn2)c1. The Labute approximate surface area is 148 Å². The van der Waals surface area contributed by atoms with Gasteiger partial charge < -0.3 is 20.5 Å². The maximum absolute atomic E-state index is 11.9. The van der Waals surface area contributed by atoms with Crippen LogP contribution in [0.4, 0.5) is 10.5 Å². The van der Waals surface area contributed by atoms with Crippen LogP contribution >= 0.6 is 0 Å². The maximum Gasteiger partial charge on any atom is 0.319 e. The second-order valence-corrected chi connectivity index (χ2v) is 5.70. The molecular formula is C19H25N3O3. The third kappa shape index (κ3) is 6.08. The quantitative estimate of drug-likeness (QED) is 0.682. The van der Waals surface area contributed by atoms with E-state index >= 15 is 0 Å². The third-order valence-corrected chi connectivity index (χ3v) is 3.83. The van der Waals surface area contributed by atoms with Gasteiger partial charge in [0.05, 0.1) is 11.9 Å². The van der Waals surface area contributed by atoms with Crippen molar-refractivity contribution >= 4 is 11.7 Å². The summed E-state index contributed by atoms with van der Waals surface area (Å²) in [4.78, 5) is 16.2. The second-order valence-electron chi connectivity index (χ2n) is 5.70. The van der Waals surface area contributed by atoms with Gasteiger partial charge in [0.1, 0.15) is 5.75 Å². The summed E-state index contributed by atoms with van der Waals surface area (Å²) in [5.74, 6) is 1.20. The van der Waals surface area contributed by atoms with Crippen molar-refractivity contribution in [3.05, 3.63) is 48.2 Å². The van der Waals surface area contributed by atoms with E-state index < -0.39 is 0 Å². The first-order valence-corrected chi connectivity index (χ1v) is 8.55. The number of hydrogen-bond acceptors (Lipinski definition) is 4. The van der Waals surface area contributed by atoms with Gasteiger partial charge in [-0.1, -0.05) is 26.0 Å². The lowest BCUT2D eigenvalue weighted by molar-refractivity contribution is 0.237. The molecule has 0 radical (unpaired) electrons. The monoisotopic (exact) mass is 343 g/mol. The number of anilines is 1. The molecule has 0 bridgehead atoms. The average molecular weight is 343 g/mol. The number of urea groups is 1. The molecule has 134 valence electrons. The Morgan fingerprint density at radius 1 is 1.28 bits per heavy atom. The smallest absolute Gasteiger partial charge is 0.319 e. The van der Waals surface area contributed by atoms with Crippen LogP contribution in [0.2, 0.25) is 0 Å². The Bertz CT molecular complexity index is 674. The molecule has 0 spiro atoms. The number of carbonyl (C=O) groups excluding carboxylic acids is 1. The van der Waals surface area contributed by atoms with Crippen molar-refractivity contribution in [1.82, 2.24) is 10.3 Å². The van der Waals surface area contributed by atoms with E-state index in [2.05, 4.69) is 22.5 Å². The average Bonchev–Trinajstić information content (AvgIpc) is 2.63. The summed E-state index contributed by atoms with van der Waals surface area (Å²) >= 11 is 0. The molecule has 1 aromatic heterocycles. The fourth-order valence-electron chi connectivity index (χ4n) is 2.35. The molecule has 1 atom stereocenters. The Kier molecular flexibility index (Phi) is 7.22. The molecule has 2 amide bonds. The van der Waals surface area contributed by atoms with Crippen molar-refractivity contribution in [3.63, 3.8) is 0 Å². The van der Waals surface area contributed by atoms with Gasteiger partial charge in [0.25, 0.3) is 0 Å². The predicted molar refractivity (Wildman–Crippen MR) is 98.1 cm³/mol. The number of aliphatic hydroxyl groups is 1. The van der Waals surface area contributed by atoms with Gasteiger partial charge in [0.2, 0.25) is 5.88 Å². The molecule has 1 heterocycles. The van der Waals surface area contributed by atoms with E-state index in [0.717, 1.165) is 18.6 Å². The topological polar surface area (TPSA) is 83.5 Å². The van der Waals surface area contributed by atoms with Gasteiger partial charge >= 0.3 is 6.03 Å². The molecular weight excluding hydrogens is 318 g/mol. The van der Waals surface area contributed by atoms with Crippen LogP contribution in [0.15, 0.2) is 42.6 Å². The molecule has 1 unspecified atom stereocenters. The number of nitrogens with one attached hydrogen (secondary N) is 2. The van der Waals surface area contributed by atoms with E-state index in [4.69, 9.17) is 9.84 Å². The summed E-state index contributed by atoms with van der Waals surface area (Å²) in [6.45, 7) is 4.10. The second kappa shape index (κ2) is 9.64. The van der Waals surface area contributed by atoms with Gasteiger partial charge in [-0.3, -0.25) is 0 Å². The minimum absolute atomic E-state index is 0.0472. The lowest BCUT2D eigenvalue weighted by atomic mass is 10.2. The van der Waals surface area contributed by atoms with Gasteiger partial charge in [0, 0.05) is 18.7 Å². The lowest BCUT2D eigenvalue weighted by Crippen LogP contribution is -2.38. The molecule has 6 nitrogen and oxygen atoms in total. The minimum atomic E-state index is -0.314. The molecule has 0 saturated heterocycles. The zero-order valence-electron chi connectivity index (χ0n) is 14.7. The number of amides is 2. The number of aromatic nitrogens is 1. The summed E-state index contributed by atoms with van der Waals surface area (Å²) < 4.78 is 5.73. The fourth-order valence-corrected chi connectivity index (χ4v) is 2.35. The van der Waals surface area contributed by atoms with Gasteiger partial charge in [-0.05, 0) is 43.0 Å². The molecule has 6 heteroatoms. The molecule has 25 heavy (non-hydrogen) atoms. The Morgan fingerprint density at radius 2 is 2.12 bits per heavy atom. The highest BCUT2D eigenvalue weighted by Gasteiger charge is 2.10. The van der Waals surface area contributed by atoms with Crippen molar-refractivity contribution in [1.29, 1.82) is 0 Å².